The summed E-state index contributed by atoms with van der Waals surface area (Å²) < 4.78 is 0. The van der Waals surface area contributed by atoms with E-state index in [-0.39, 0.29) is 28.9 Å². The van der Waals surface area contributed by atoms with Gasteiger partial charge in [0.2, 0.25) is 0 Å². The second-order valence-corrected chi connectivity index (χ2v) is 2.62. The molecule has 0 aromatic carbocycles. The molecular weight excluding hydrogens is 324 g/mol. The Morgan fingerprint density at radius 2 is 1.46 bits per heavy atom. The van der Waals surface area contributed by atoms with E-state index in [4.69, 9.17) is 4.79 Å². The van der Waals surface area contributed by atoms with Crippen LogP contribution >= 0.6 is 25.3 Å². The Morgan fingerprint density at radius 1 is 1.23 bits per heavy atom. The largest absolute Gasteiger partial charge is 0.361 e. The third-order valence-corrected chi connectivity index (χ3v) is 1.32. The summed E-state index contributed by atoms with van der Waals surface area (Å²) in [4.78, 5) is 21.1. The van der Waals surface area contributed by atoms with Gasteiger partial charge in [-0.2, -0.15) is 0 Å². The van der Waals surface area contributed by atoms with E-state index >= 15 is 0 Å². The molecular formula is C6H14N2O2S2Te. The van der Waals surface area contributed by atoms with Gasteiger partial charge >= 0.3 is 0 Å². The standard InChI is InChI=1S/C5H11NOS.CH3NOS.Te/c1-3-6(4-2)5(7)8;2-1(3)4;/h3-4H2,1-2H3,(H,7,8);(H3,2,3,4);. The Bertz CT molecular complexity index is 150. The first-order valence-electron chi connectivity index (χ1n) is 3.41. The van der Waals surface area contributed by atoms with Crippen molar-refractivity contribution in [3.63, 3.8) is 0 Å². The molecule has 0 spiro atoms. The first-order chi connectivity index (χ1) is 5.45. The van der Waals surface area contributed by atoms with Crippen LogP contribution < -0.4 is 5.73 Å². The fraction of sp³-hybridized carbons (Fsp3) is 0.667. The molecule has 0 aliphatic rings. The van der Waals surface area contributed by atoms with Crippen LogP contribution in [-0.2, 0) is 0 Å². The molecule has 2 amide bonds. The first-order valence-corrected chi connectivity index (χ1v) is 4.31. The molecule has 0 aromatic heterocycles. The van der Waals surface area contributed by atoms with Gasteiger partial charge in [-0.25, -0.2) is 0 Å². The Balaban J connectivity index is -0.000000173. The van der Waals surface area contributed by atoms with E-state index in [1.54, 1.807) is 4.90 Å². The van der Waals surface area contributed by atoms with Crippen molar-refractivity contribution in [2.45, 2.75) is 13.8 Å². The van der Waals surface area contributed by atoms with Crippen LogP contribution in [0.5, 0.6) is 0 Å². The van der Waals surface area contributed by atoms with E-state index in [2.05, 4.69) is 31.0 Å². The quantitative estimate of drug-likeness (QED) is 0.520. The van der Waals surface area contributed by atoms with Gasteiger partial charge in [-0.15, -0.1) is 0 Å². The van der Waals surface area contributed by atoms with Crippen molar-refractivity contribution >= 4 is 59.4 Å². The number of rotatable bonds is 2. The molecule has 0 aromatic rings. The molecule has 0 rings (SSSR count). The van der Waals surface area contributed by atoms with Gasteiger partial charge in [-0.3, -0.25) is 9.59 Å². The average Bonchev–Trinajstić information content (AvgIpc) is 1.87. The zero-order chi connectivity index (χ0) is 10.1. The van der Waals surface area contributed by atoms with Crippen LogP contribution in [0, 0.1) is 0 Å². The van der Waals surface area contributed by atoms with Gasteiger partial charge in [0.15, 0.2) is 0 Å². The van der Waals surface area contributed by atoms with Crippen LogP contribution in [0.15, 0.2) is 0 Å². The summed E-state index contributed by atoms with van der Waals surface area (Å²) in [6, 6.07) is 0. The fourth-order valence-corrected chi connectivity index (χ4v) is 0.777. The van der Waals surface area contributed by atoms with Gasteiger partial charge in [-0.05, 0) is 13.8 Å². The number of nitrogens with zero attached hydrogens (tertiary/aromatic N) is 1. The summed E-state index contributed by atoms with van der Waals surface area (Å²) in [7, 11) is 0. The molecule has 0 fully saturated rings. The van der Waals surface area contributed by atoms with Crippen LogP contribution in [0.25, 0.3) is 0 Å². The molecule has 4 nitrogen and oxygen atoms in total. The number of hydrogen-bond donors (Lipinski definition) is 3. The second-order valence-electron chi connectivity index (χ2n) is 1.79. The van der Waals surface area contributed by atoms with Crippen LogP contribution in [0.4, 0.5) is 9.59 Å². The van der Waals surface area contributed by atoms with Crippen molar-refractivity contribution in [3.8, 4) is 0 Å². The number of carbonyl (C=O) groups is 2. The molecule has 0 saturated carbocycles. The van der Waals surface area contributed by atoms with E-state index in [1.807, 2.05) is 13.8 Å². The van der Waals surface area contributed by atoms with Crippen molar-refractivity contribution in [1.82, 2.24) is 4.90 Å². The van der Waals surface area contributed by atoms with Gasteiger partial charge in [0.1, 0.15) is 0 Å². The zero-order valence-electron chi connectivity index (χ0n) is 7.56. The molecule has 7 heteroatoms. The Labute approximate surface area is 106 Å². The molecule has 13 heavy (non-hydrogen) atoms. The summed E-state index contributed by atoms with van der Waals surface area (Å²) in [5, 5.41) is -0.782. The predicted octanol–water partition coefficient (Wildman–Crippen LogP) is 0.992. The summed E-state index contributed by atoms with van der Waals surface area (Å²) in [5.41, 5.74) is 4.34. The van der Waals surface area contributed by atoms with Gasteiger partial charge in [0.05, 0.1) is 0 Å². The van der Waals surface area contributed by atoms with E-state index in [9.17, 15) is 4.79 Å². The van der Waals surface area contributed by atoms with Crippen LogP contribution in [-0.4, -0.2) is 52.1 Å². The average molecular weight is 338 g/mol. The third kappa shape index (κ3) is 19.0. The van der Waals surface area contributed by atoms with Crippen LogP contribution in [0.2, 0.25) is 0 Å². The maximum Gasteiger partial charge on any atom is 0.278 e. The SMILES string of the molecule is CCN(CC)C(=O)S.NC(=O)S.[Te]. The molecule has 0 aliphatic heterocycles. The normalized spacial score (nSPS) is 7.38. The number of primary amides is 1. The summed E-state index contributed by atoms with van der Waals surface area (Å²) in [6.45, 7) is 5.35. The molecule has 78 valence electrons. The molecule has 0 bridgehead atoms. The monoisotopic (exact) mass is 340 g/mol. The fourth-order valence-electron chi connectivity index (χ4n) is 0.494. The molecule has 0 heterocycles. The minimum atomic E-state index is -0.639. The van der Waals surface area contributed by atoms with Crippen LogP contribution in [0.3, 0.4) is 0 Å². The van der Waals surface area contributed by atoms with Crippen molar-refractivity contribution in [2.24, 2.45) is 5.73 Å². The molecule has 2 N–H and O–H groups in total. The maximum atomic E-state index is 10.4. The zero-order valence-corrected chi connectivity index (χ0v) is 11.7. The smallest absolute Gasteiger partial charge is 0.278 e. The Hall–Kier alpha value is 0.430. The van der Waals surface area contributed by atoms with Gasteiger partial charge in [0, 0.05) is 36.8 Å². The van der Waals surface area contributed by atoms with Gasteiger partial charge in [-0.1, -0.05) is 25.3 Å². The summed E-state index contributed by atoms with van der Waals surface area (Å²) >= 11 is 6.75. The number of amides is 2. The summed E-state index contributed by atoms with van der Waals surface area (Å²) in [5.74, 6) is 0. The van der Waals surface area contributed by atoms with E-state index in [0.717, 1.165) is 13.1 Å². The minimum Gasteiger partial charge on any atom is -0.361 e. The third-order valence-electron chi connectivity index (χ3n) is 1.03. The van der Waals surface area contributed by atoms with Crippen molar-refractivity contribution in [2.75, 3.05) is 13.1 Å². The maximum absolute atomic E-state index is 10.4. The number of carbonyl (C=O) groups excluding carboxylic acids is 2. The number of nitrogens with two attached hydrogens (primary N) is 1. The molecule has 0 atom stereocenters. The molecule has 0 unspecified atom stereocenters. The van der Waals surface area contributed by atoms with Crippen molar-refractivity contribution in [3.05, 3.63) is 0 Å². The minimum absolute atomic E-state index is 0. The topological polar surface area (TPSA) is 63.4 Å². The van der Waals surface area contributed by atoms with Crippen molar-refractivity contribution in [1.29, 1.82) is 0 Å². The molecule has 0 aliphatic carbocycles. The van der Waals surface area contributed by atoms with Gasteiger partial charge < -0.3 is 10.6 Å². The predicted molar refractivity (Wildman–Crippen MR) is 61.6 cm³/mol. The number of hydrogen-bond acceptors (Lipinski definition) is 2. The second kappa shape index (κ2) is 12.4. The Morgan fingerprint density at radius 3 is 1.46 bits per heavy atom. The van der Waals surface area contributed by atoms with Crippen LogP contribution in [0.1, 0.15) is 13.8 Å². The molecule has 0 saturated heterocycles. The van der Waals surface area contributed by atoms with E-state index in [1.165, 1.54) is 0 Å². The summed E-state index contributed by atoms with van der Waals surface area (Å²) in [6.07, 6.45) is 0. The van der Waals surface area contributed by atoms with Gasteiger partial charge in [0.25, 0.3) is 10.5 Å². The molecule has 2 radical (unpaired) electrons. The first kappa shape index (κ1) is 19.1. The number of thiol groups is 2. The van der Waals surface area contributed by atoms with E-state index < -0.39 is 5.24 Å². The Kier molecular flexibility index (Phi) is 18.2. The van der Waals surface area contributed by atoms with E-state index in [0.29, 0.717) is 0 Å². The van der Waals surface area contributed by atoms with Crippen molar-refractivity contribution < 1.29 is 9.59 Å².